The number of thioether (sulfide) groups is 2. The number of carbonyl (C=O) groups is 2. The molecule has 2 aliphatic rings. The van der Waals surface area contributed by atoms with E-state index in [1.807, 2.05) is 64.1 Å². The molecule has 2 N–H and O–H groups in total. The Labute approximate surface area is 263 Å². The number of ether oxygens (including phenoxy) is 2. The smallest absolute Gasteiger partial charge is 0.253 e. The molecule has 0 spiro atoms. The Hall–Kier alpha value is -3.42. The van der Waals surface area contributed by atoms with Crippen molar-refractivity contribution in [3.63, 3.8) is 0 Å². The van der Waals surface area contributed by atoms with Crippen LogP contribution in [0.2, 0.25) is 0 Å². The first-order chi connectivity index (χ1) is 20.5. The molecular weight excluding hydrogens is 605 g/mol. The van der Waals surface area contributed by atoms with Gasteiger partial charge in [0.25, 0.3) is 11.8 Å². The topological polar surface area (TPSA) is 127 Å². The third-order valence-electron chi connectivity index (χ3n) is 6.99. The Balaban J connectivity index is 1.09. The summed E-state index contributed by atoms with van der Waals surface area (Å²) >= 11 is 3.91. The third-order valence-corrected chi connectivity index (χ3v) is 10.3. The zero-order chi connectivity index (χ0) is 30.7. The lowest BCUT2D eigenvalue weighted by Gasteiger charge is -2.09. The van der Waals surface area contributed by atoms with Crippen LogP contribution in [-0.2, 0) is 22.4 Å². The van der Waals surface area contributed by atoms with Crippen molar-refractivity contribution in [1.29, 1.82) is 0 Å². The van der Waals surface area contributed by atoms with E-state index in [1.54, 1.807) is 13.8 Å². The molecule has 4 atom stereocenters. The molecular formula is C30H34N6O4S3. The van der Waals surface area contributed by atoms with E-state index in [4.69, 9.17) is 9.47 Å². The van der Waals surface area contributed by atoms with E-state index in [1.165, 1.54) is 46.0 Å². The first kappa shape index (κ1) is 31.0. The minimum Gasteiger partial charge on any atom is -0.490 e. The van der Waals surface area contributed by atoms with E-state index < -0.39 is 10.5 Å². The van der Waals surface area contributed by atoms with Crippen LogP contribution in [0.15, 0.2) is 55.3 Å². The van der Waals surface area contributed by atoms with Gasteiger partial charge in [0.2, 0.25) is 0 Å². The Bertz CT molecular complexity index is 1480. The summed E-state index contributed by atoms with van der Waals surface area (Å²) in [5, 5.41) is 16.1. The predicted octanol–water partition coefficient (Wildman–Crippen LogP) is 5.23. The molecule has 2 aliphatic heterocycles. The van der Waals surface area contributed by atoms with E-state index in [0.29, 0.717) is 20.1 Å². The fourth-order valence-corrected chi connectivity index (χ4v) is 7.84. The molecule has 13 heteroatoms. The summed E-state index contributed by atoms with van der Waals surface area (Å²) in [5.41, 5.74) is 10.8. The van der Waals surface area contributed by atoms with Crippen LogP contribution < -0.4 is 20.3 Å². The largest absolute Gasteiger partial charge is 0.490 e. The summed E-state index contributed by atoms with van der Waals surface area (Å²) in [5.74, 6) is 1.25. The lowest BCUT2D eigenvalue weighted by Crippen LogP contribution is -2.27. The van der Waals surface area contributed by atoms with Crippen molar-refractivity contribution in [2.24, 2.45) is 10.2 Å². The van der Waals surface area contributed by atoms with Crippen molar-refractivity contribution in [3.05, 3.63) is 58.7 Å². The van der Waals surface area contributed by atoms with Gasteiger partial charge >= 0.3 is 0 Å². The van der Waals surface area contributed by atoms with Gasteiger partial charge in [0.05, 0.1) is 21.9 Å². The van der Waals surface area contributed by atoms with Crippen molar-refractivity contribution in [3.8, 4) is 11.5 Å². The number of carbonyl (C=O) groups excluding carboxylic acids is 2. The summed E-state index contributed by atoms with van der Waals surface area (Å²) in [7, 11) is 0. The van der Waals surface area contributed by atoms with Crippen LogP contribution in [0.3, 0.4) is 0 Å². The molecule has 0 radical (unpaired) electrons. The van der Waals surface area contributed by atoms with Crippen molar-refractivity contribution in [1.82, 2.24) is 21.0 Å². The highest BCUT2D eigenvalue weighted by Gasteiger charge is 2.22. The maximum absolute atomic E-state index is 12.7. The van der Waals surface area contributed by atoms with E-state index in [9.17, 15) is 9.59 Å². The molecule has 2 amide bonds. The molecule has 226 valence electrons. The average molecular weight is 639 g/mol. The molecule has 0 saturated heterocycles. The molecule has 4 unspecified atom stereocenters. The Morgan fingerprint density at radius 3 is 1.65 bits per heavy atom. The lowest BCUT2D eigenvalue weighted by molar-refractivity contribution is -0.121. The number of aromatic nitrogens is 2. The van der Waals surface area contributed by atoms with Gasteiger partial charge in [0.15, 0.2) is 8.68 Å². The highest BCUT2D eigenvalue weighted by Crippen LogP contribution is 2.34. The number of nitrogens with one attached hydrogen (secondary N) is 2. The van der Waals surface area contributed by atoms with Crippen molar-refractivity contribution in [2.45, 2.75) is 85.8 Å². The van der Waals surface area contributed by atoms with Gasteiger partial charge in [-0.25, -0.2) is 10.9 Å². The Morgan fingerprint density at radius 2 is 1.23 bits per heavy atom. The van der Waals surface area contributed by atoms with Crippen molar-refractivity contribution < 1.29 is 19.1 Å². The second kappa shape index (κ2) is 13.5. The summed E-state index contributed by atoms with van der Waals surface area (Å²) in [4.78, 5) is 25.4. The zero-order valence-electron chi connectivity index (χ0n) is 24.8. The van der Waals surface area contributed by atoms with Gasteiger partial charge in [-0.05, 0) is 64.8 Å². The van der Waals surface area contributed by atoms with Crippen LogP contribution >= 0.6 is 34.9 Å². The highest BCUT2D eigenvalue weighted by atomic mass is 32.2. The molecule has 0 fully saturated rings. The summed E-state index contributed by atoms with van der Waals surface area (Å²) in [6.07, 6.45) is 2.14. The normalized spacial score (nSPS) is 19.1. The number of rotatable bonds is 10. The van der Waals surface area contributed by atoms with Gasteiger partial charge in [0.1, 0.15) is 23.7 Å². The molecule has 1 aromatic heterocycles. The molecule has 5 rings (SSSR count). The van der Waals surface area contributed by atoms with Crippen LogP contribution in [0, 0.1) is 0 Å². The number of hydrazone groups is 2. The monoisotopic (exact) mass is 638 g/mol. The van der Waals surface area contributed by atoms with Gasteiger partial charge < -0.3 is 9.47 Å². The molecule has 3 aromatic rings. The third kappa shape index (κ3) is 7.76. The van der Waals surface area contributed by atoms with Crippen LogP contribution in [-0.4, -0.2) is 56.1 Å². The molecule has 0 aliphatic carbocycles. The number of fused-ring (bicyclic) bond motifs is 2. The molecule has 0 bridgehead atoms. The number of amides is 2. The van der Waals surface area contributed by atoms with Gasteiger partial charge in [-0.2, -0.15) is 10.2 Å². The first-order valence-electron chi connectivity index (χ1n) is 14.0. The first-order valence-corrected chi connectivity index (χ1v) is 16.6. The molecule has 0 saturated carbocycles. The zero-order valence-corrected chi connectivity index (χ0v) is 27.3. The molecule has 43 heavy (non-hydrogen) atoms. The van der Waals surface area contributed by atoms with Gasteiger partial charge in [-0.1, -0.05) is 59.1 Å². The van der Waals surface area contributed by atoms with E-state index in [-0.39, 0.29) is 24.0 Å². The summed E-state index contributed by atoms with van der Waals surface area (Å²) in [6, 6.07) is 12.0. The maximum atomic E-state index is 12.7. The van der Waals surface area contributed by atoms with E-state index in [0.717, 1.165) is 35.5 Å². The molecule has 3 heterocycles. The SMILES string of the molecule is C/C(=N\NC(=O)C(C)Sc1nnc(SC(C)C(=O)N/N=C(\C)c2ccc3c(c2)OC(C)C3)s1)c1ccc2c(c1)OC(C)C2. The van der Waals surface area contributed by atoms with Crippen LogP contribution in [0.25, 0.3) is 0 Å². The minimum absolute atomic E-state index is 0.170. The predicted molar refractivity (Wildman–Crippen MR) is 172 cm³/mol. The number of benzene rings is 2. The second-order valence-electron chi connectivity index (χ2n) is 10.6. The van der Waals surface area contributed by atoms with E-state index in [2.05, 4.69) is 31.3 Å². The molecule has 2 aromatic carbocycles. The Morgan fingerprint density at radius 1 is 0.814 bits per heavy atom. The number of hydrogen-bond donors (Lipinski definition) is 2. The van der Waals surface area contributed by atoms with E-state index >= 15 is 0 Å². The fraction of sp³-hybridized carbons (Fsp3) is 0.400. The minimum atomic E-state index is -0.447. The van der Waals surface area contributed by atoms with Crippen LogP contribution in [0.1, 0.15) is 63.8 Å². The van der Waals surface area contributed by atoms with Crippen LogP contribution in [0.5, 0.6) is 11.5 Å². The van der Waals surface area contributed by atoms with Gasteiger partial charge in [0, 0.05) is 24.0 Å². The maximum Gasteiger partial charge on any atom is 0.253 e. The highest BCUT2D eigenvalue weighted by molar-refractivity contribution is 8.04. The quantitative estimate of drug-likeness (QED) is 0.176. The standard InChI is InChI=1S/C30H34N6O4S3/c1-15-11-23-9-7-21(13-25(23)39-15)17(3)31-33-27(37)19(5)41-29-35-36-30(43-29)42-20(6)28(38)34-32-18(4)22-8-10-24-12-16(2)40-26(24)14-22/h7-10,13-16,19-20H,11-12H2,1-6H3,(H,33,37)(H,34,38)/b31-17+,32-18+. The average Bonchev–Trinajstić information content (AvgIpc) is 3.69. The van der Waals surface area contributed by atoms with Crippen LogP contribution in [0.4, 0.5) is 0 Å². The fourth-order valence-electron chi connectivity index (χ4n) is 4.54. The number of nitrogens with zero attached hydrogens (tertiary/aromatic N) is 4. The summed E-state index contributed by atoms with van der Waals surface area (Å²) in [6.45, 7) is 11.3. The van der Waals surface area contributed by atoms with Crippen molar-refractivity contribution >= 4 is 58.1 Å². The summed E-state index contributed by atoms with van der Waals surface area (Å²) < 4.78 is 12.9. The Kier molecular flexibility index (Phi) is 9.72. The van der Waals surface area contributed by atoms with Gasteiger partial charge in [-0.15, -0.1) is 10.2 Å². The lowest BCUT2D eigenvalue weighted by atomic mass is 10.1. The van der Waals surface area contributed by atoms with Gasteiger partial charge in [-0.3, -0.25) is 9.59 Å². The molecule has 10 nitrogen and oxygen atoms in total. The number of hydrogen-bond acceptors (Lipinski definition) is 11. The second-order valence-corrected chi connectivity index (χ2v) is 14.8. The van der Waals surface area contributed by atoms with Crippen molar-refractivity contribution in [2.75, 3.05) is 0 Å².